The minimum absolute atomic E-state index is 0.0348. The van der Waals surface area contributed by atoms with Crippen LogP contribution in [0.1, 0.15) is 29.3 Å². The quantitative estimate of drug-likeness (QED) is 0.486. The molecule has 0 N–H and O–H groups in total. The van der Waals surface area contributed by atoms with Crippen LogP contribution < -0.4 is 0 Å². The fourth-order valence-corrected chi connectivity index (χ4v) is 3.87. The van der Waals surface area contributed by atoms with Crippen LogP contribution in [0.3, 0.4) is 0 Å². The molecule has 1 atom stereocenters. The second-order valence-electron chi connectivity index (χ2n) is 6.95. The number of rotatable bonds is 4. The number of fused-ring (bicyclic) bond motifs is 1. The van der Waals surface area contributed by atoms with Crippen molar-refractivity contribution in [3.8, 4) is 0 Å². The SMILES string of the molecule is O=[N+]([O-])c1cccc([C@H]2c3cccn3CCCN2Cc2ccc(F)c(F)c2)c1. The smallest absolute Gasteiger partial charge is 0.269 e. The van der Waals surface area contributed by atoms with E-state index in [0.717, 1.165) is 36.8 Å². The molecule has 0 fully saturated rings. The normalized spacial score (nSPS) is 17.1. The van der Waals surface area contributed by atoms with Crippen LogP contribution in [0.5, 0.6) is 0 Å². The molecule has 7 heteroatoms. The first kappa shape index (κ1) is 18.3. The molecule has 144 valence electrons. The summed E-state index contributed by atoms with van der Waals surface area (Å²) in [5.74, 6) is -1.74. The van der Waals surface area contributed by atoms with E-state index in [9.17, 15) is 18.9 Å². The van der Waals surface area contributed by atoms with Gasteiger partial charge in [-0.1, -0.05) is 18.2 Å². The van der Waals surface area contributed by atoms with Crippen molar-refractivity contribution in [3.05, 3.63) is 99.4 Å². The molecular formula is C21H19F2N3O2. The van der Waals surface area contributed by atoms with E-state index in [1.54, 1.807) is 18.2 Å². The van der Waals surface area contributed by atoms with Gasteiger partial charge in [0, 0.05) is 43.7 Å². The average molecular weight is 383 g/mol. The molecule has 2 aromatic carbocycles. The number of nitro groups is 1. The molecule has 0 amide bonds. The van der Waals surface area contributed by atoms with E-state index < -0.39 is 16.6 Å². The van der Waals surface area contributed by atoms with E-state index >= 15 is 0 Å². The summed E-state index contributed by atoms with van der Waals surface area (Å²) in [4.78, 5) is 13.0. The van der Waals surface area contributed by atoms with Gasteiger partial charge >= 0.3 is 0 Å². The Morgan fingerprint density at radius 2 is 1.89 bits per heavy atom. The van der Waals surface area contributed by atoms with E-state index in [2.05, 4.69) is 9.47 Å². The summed E-state index contributed by atoms with van der Waals surface area (Å²) in [6.45, 7) is 1.98. The highest BCUT2D eigenvalue weighted by Gasteiger charge is 2.28. The van der Waals surface area contributed by atoms with E-state index in [4.69, 9.17) is 0 Å². The maximum Gasteiger partial charge on any atom is 0.269 e. The van der Waals surface area contributed by atoms with Gasteiger partial charge < -0.3 is 4.57 Å². The third-order valence-electron chi connectivity index (χ3n) is 5.12. The summed E-state index contributed by atoms with van der Waals surface area (Å²) in [5, 5.41) is 11.3. The molecule has 0 saturated carbocycles. The molecule has 0 saturated heterocycles. The molecular weight excluding hydrogens is 364 g/mol. The van der Waals surface area contributed by atoms with Crippen molar-refractivity contribution in [2.45, 2.75) is 25.6 Å². The van der Waals surface area contributed by atoms with Crippen molar-refractivity contribution < 1.29 is 13.7 Å². The summed E-state index contributed by atoms with van der Waals surface area (Å²) in [6, 6.07) is 14.3. The van der Waals surface area contributed by atoms with Crippen LogP contribution >= 0.6 is 0 Å². The van der Waals surface area contributed by atoms with Gasteiger partial charge in [-0.3, -0.25) is 15.0 Å². The standard InChI is InChI=1S/C21H19F2N3O2/c22-18-8-7-15(12-19(18)23)14-25-11-3-10-24-9-2-6-20(24)21(25)16-4-1-5-17(13-16)26(27)28/h1-2,4-9,12-13,21H,3,10-11,14H2/t21-/m0/s1. The molecule has 1 aliphatic heterocycles. The molecule has 0 aliphatic carbocycles. The zero-order valence-corrected chi connectivity index (χ0v) is 15.1. The fraction of sp³-hybridized carbons (Fsp3) is 0.238. The zero-order chi connectivity index (χ0) is 19.7. The molecule has 5 nitrogen and oxygen atoms in total. The minimum atomic E-state index is -0.873. The maximum absolute atomic E-state index is 13.7. The fourth-order valence-electron chi connectivity index (χ4n) is 3.87. The Labute approximate surface area is 161 Å². The van der Waals surface area contributed by atoms with Gasteiger partial charge in [-0.2, -0.15) is 0 Å². The maximum atomic E-state index is 13.7. The Morgan fingerprint density at radius 1 is 1.04 bits per heavy atom. The van der Waals surface area contributed by atoms with Crippen LogP contribution in [0.25, 0.3) is 0 Å². The molecule has 0 unspecified atom stereocenters. The molecule has 28 heavy (non-hydrogen) atoms. The monoisotopic (exact) mass is 383 g/mol. The number of hydrogen-bond acceptors (Lipinski definition) is 3. The number of aromatic nitrogens is 1. The van der Waals surface area contributed by atoms with Gasteiger partial charge in [0.15, 0.2) is 11.6 Å². The van der Waals surface area contributed by atoms with Gasteiger partial charge in [-0.15, -0.1) is 0 Å². The van der Waals surface area contributed by atoms with Gasteiger partial charge in [-0.05, 0) is 41.8 Å². The van der Waals surface area contributed by atoms with Crippen molar-refractivity contribution in [1.29, 1.82) is 0 Å². The Balaban J connectivity index is 1.76. The first-order valence-corrected chi connectivity index (χ1v) is 9.10. The van der Waals surface area contributed by atoms with Crippen LogP contribution in [-0.2, 0) is 13.1 Å². The predicted molar refractivity (Wildman–Crippen MR) is 101 cm³/mol. The lowest BCUT2D eigenvalue weighted by molar-refractivity contribution is -0.384. The summed E-state index contributed by atoms with van der Waals surface area (Å²) in [7, 11) is 0. The van der Waals surface area contributed by atoms with Gasteiger partial charge in [0.25, 0.3) is 5.69 Å². The van der Waals surface area contributed by atoms with E-state index in [0.29, 0.717) is 12.1 Å². The number of hydrogen-bond donors (Lipinski definition) is 0. The number of aryl methyl sites for hydroxylation is 1. The molecule has 1 aliphatic rings. The largest absolute Gasteiger partial charge is 0.350 e. The molecule has 0 radical (unpaired) electrons. The molecule has 0 spiro atoms. The van der Waals surface area contributed by atoms with E-state index in [1.165, 1.54) is 12.1 Å². The molecule has 0 bridgehead atoms. The number of nitrogens with zero attached hydrogens (tertiary/aromatic N) is 3. The van der Waals surface area contributed by atoms with Crippen LogP contribution in [-0.4, -0.2) is 20.9 Å². The topological polar surface area (TPSA) is 51.3 Å². The van der Waals surface area contributed by atoms with Crippen molar-refractivity contribution in [2.75, 3.05) is 6.54 Å². The predicted octanol–water partition coefficient (Wildman–Crippen LogP) is 4.67. The van der Waals surface area contributed by atoms with Crippen molar-refractivity contribution >= 4 is 5.69 Å². The van der Waals surface area contributed by atoms with Crippen LogP contribution in [0.4, 0.5) is 14.5 Å². The Morgan fingerprint density at radius 3 is 2.68 bits per heavy atom. The van der Waals surface area contributed by atoms with Crippen LogP contribution in [0.2, 0.25) is 0 Å². The van der Waals surface area contributed by atoms with Gasteiger partial charge in [-0.25, -0.2) is 8.78 Å². The first-order valence-electron chi connectivity index (χ1n) is 9.10. The minimum Gasteiger partial charge on any atom is -0.350 e. The highest BCUT2D eigenvalue weighted by molar-refractivity contribution is 5.39. The zero-order valence-electron chi connectivity index (χ0n) is 15.1. The van der Waals surface area contributed by atoms with Crippen LogP contribution in [0, 0.1) is 21.7 Å². The number of non-ortho nitro benzene ring substituents is 1. The van der Waals surface area contributed by atoms with Crippen molar-refractivity contribution in [3.63, 3.8) is 0 Å². The Kier molecular flexibility index (Phi) is 4.92. The average Bonchev–Trinajstić information content (AvgIpc) is 3.06. The van der Waals surface area contributed by atoms with Gasteiger partial charge in [0.1, 0.15) is 0 Å². The van der Waals surface area contributed by atoms with Gasteiger partial charge in [0.2, 0.25) is 0 Å². The van der Waals surface area contributed by atoms with E-state index in [1.807, 2.05) is 24.4 Å². The molecule has 1 aromatic heterocycles. The summed E-state index contributed by atoms with van der Waals surface area (Å²) in [5.41, 5.74) is 2.53. The summed E-state index contributed by atoms with van der Waals surface area (Å²) in [6.07, 6.45) is 2.89. The van der Waals surface area contributed by atoms with E-state index in [-0.39, 0.29) is 11.7 Å². The second-order valence-corrected chi connectivity index (χ2v) is 6.95. The number of halogens is 2. The van der Waals surface area contributed by atoms with Gasteiger partial charge in [0.05, 0.1) is 11.0 Å². The second kappa shape index (κ2) is 7.52. The lowest BCUT2D eigenvalue weighted by atomic mass is 10.0. The Bertz CT molecular complexity index is 1020. The van der Waals surface area contributed by atoms with Crippen molar-refractivity contribution in [1.82, 2.24) is 9.47 Å². The highest BCUT2D eigenvalue weighted by atomic mass is 19.2. The summed E-state index contributed by atoms with van der Waals surface area (Å²) < 4.78 is 29.1. The summed E-state index contributed by atoms with van der Waals surface area (Å²) >= 11 is 0. The molecule has 2 heterocycles. The van der Waals surface area contributed by atoms with Crippen molar-refractivity contribution in [2.24, 2.45) is 0 Å². The lowest BCUT2D eigenvalue weighted by Gasteiger charge is -2.30. The lowest BCUT2D eigenvalue weighted by Crippen LogP contribution is -2.29. The number of nitro benzene ring substituents is 1. The molecule has 4 rings (SSSR count). The number of benzene rings is 2. The highest BCUT2D eigenvalue weighted by Crippen LogP contribution is 2.34. The third kappa shape index (κ3) is 3.53. The first-order chi connectivity index (χ1) is 13.5. The molecule has 3 aromatic rings. The Hall–Kier alpha value is -3.06. The van der Waals surface area contributed by atoms with Crippen LogP contribution in [0.15, 0.2) is 60.8 Å². The third-order valence-corrected chi connectivity index (χ3v) is 5.12.